The molecule has 1 aliphatic heterocycles. The van der Waals surface area contributed by atoms with Crippen molar-refractivity contribution in [3.63, 3.8) is 0 Å². The van der Waals surface area contributed by atoms with E-state index in [9.17, 15) is 0 Å². The van der Waals surface area contributed by atoms with Crippen molar-refractivity contribution in [3.8, 4) is 22.4 Å². The van der Waals surface area contributed by atoms with Crippen LogP contribution in [-0.2, 0) is 0 Å². The van der Waals surface area contributed by atoms with Crippen molar-refractivity contribution in [1.82, 2.24) is 25.1 Å². The summed E-state index contributed by atoms with van der Waals surface area (Å²) in [5.74, 6) is 0. The number of pyridine rings is 1. The molecule has 6 heteroatoms. The molecule has 1 saturated heterocycles. The molecule has 0 atom stereocenters. The molecule has 0 amide bonds. The van der Waals surface area contributed by atoms with Crippen molar-refractivity contribution < 1.29 is 0 Å². The second-order valence-electron chi connectivity index (χ2n) is 7.13. The number of fused-ring (bicyclic) bond motifs is 1. The third-order valence-corrected chi connectivity index (χ3v) is 5.39. The van der Waals surface area contributed by atoms with Crippen LogP contribution in [0.2, 0.25) is 0 Å². The highest BCUT2D eigenvalue weighted by Crippen LogP contribution is 2.30. The van der Waals surface area contributed by atoms with E-state index < -0.39 is 0 Å². The van der Waals surface area contributed by atoms with Gasteiger partial charge in [-0.15, -0.1) is 0 Å². The summed E-state index contributed by atoms with van der Waals surface area (Å²) in [6, 6.07) is 13.0. The van der Waals surface area contributed by atoms with Gasteiger partial charge in [0.1, 0.15) is 5.65 Å². The number of H-pyrrole nitrogens is 2. The highest BCUT2D eigenvalue weighted by molar-refractivity contribution is 5.94. The van der Waals surface area contributed by atoms with Crippen molar-refractivity contribution in [2.24, 2.45) is 0 Å². The number of nitrogens with zero attached hydrogens (tertiary/aromatic N) is 4. The molecule has 2 N–H and O–H groups in total. The van der Waals surface area contributed by atoms with Gasteiger partial charge in [-0.3, -0.25) is 5.10 Å². The van der Waals surface area contributed by atoms with Gasteiger partial charge in [0.2, 0.25) is 0 Å². The molecular formula is C21H22N6. The molecule has 0 saturated carbocycles. The Bertz CT molecular complexity index is 1040. The van der Waals surface area contributed by atoms with Crippen LogP contribution in [-0.4, -0.2) is 58.3 Å². The minimum atomic E-state index is 0.886. The largest absolute Gasteiger partial charge is 0.369 e. The van der Waals surface area contributed by atoms with E-state index in [-0.39, 0.29) is 0 Å². The van der Waals surface area contributed by atoms with Gasteiger partial charge in [0.05, 0.1) is 5.69 Å². The molecule has 0 spiro atoms. The molecule has 0 bridgehead atoms. The normalized spacial score (nSPS) is 15.5. The summed E-state index contributed by atoms with van der Waals surface area (Å²) in [6.07, 6.45) is 5.67. The fourth-order valence-corrected chi connectivity index (χ4v) is 3.72. The smallest absolute Gasteiger partial charge is 0.137 e. The number of hydrogen-bond donors (Lipinski definition) is 2. The molecule has 6 nitrogen and oxygen atoms in total. The second-order valence-corrected chi connectivity index (χ2v) is 7.13. The van der Waals surface area contributed by atoms with Gasteiger partial charge in [0.15, 0.2) is 0 Å². The van der Waals surface area contributed by atoms with Crippen molar-refractivity contribution in [3.05, 3.63) is 55.0 Å². The van der Waals surface area contributed by atoms with E-state index in [0.717, 1.165) is 54.0 Å². The number of piperazine rings is 1. The highest BCUT2D eigenvalue weighted by Gasteiger charge is 2.14. The maximum absolute atomic E-state index is 4.60. The average molecular weight is 358 g/mol. The standard InChI is InChI=1S/C21H22N6/c1-26-8-10-27(11-9-26)17-4-2-15(3-5-17)16-12-18-19(20-6-7-24-25-20)14-23-21(18)22-13-16/h2-7,12-14H,8-11H2,1H3,(H,22,23)(H,24,25). The third-order valence-electron chi connectivity index (χ3n) is 5.39. The number of rotatable bonds is 3. The van der Waals surface area contributed by atoms with Crippen LogP contribution < -0.4 is 4.90 Å². The van der Waals surface area contributed by atoms with Crippen LogP contribution in [0.5, 0.6) is 0 Å². The molecular weight excluding hydrogens is 336 g/mol. The Morgan fingerprint density at radius 3 is 2.52 bits per heavy atom. The van der Waals surface area contributed by atoms with Crippen molar-refractivity contribution >= 4 is 16.7 Å². The maximum atomic E-state index is 4.60. The Morgan fingerprint density at radius 2 is 1.78 bits per heavy atom. The quantitative estimate of drug-likeness (QED) is 0.589. The molecule has 0 aliphatic carbocycles. The van der Waals surface area contributed by atoms with E-state index in [0.29, 0.717) is 0 Å². The number of benzene rings is 1. The lowest BCUT2D eigenvalue weighted by Gasteiger charge is -2.34. The van der Waals surface area contributed by atoms with Crippen LogP contribution in [0, 0.1) is 0 Å². The van der Waals surface area contributed by atoms with Crippen LogP contribution in [0.25, 0.3) is 33.4 Å². The lowest BCUT2D eigenvalue weighted by atomic mass is 10.0. The molecule has 3 aromatic heterocycles. The van der Waals surface area contributed by atoms with Gasteiger partial charge in [0, 0.05) is 67.0 Å². The number of anilines is 1. The Labute approximate surface area is 157 Å². The summed E-state index contributed by atoms with van der Waals surface area (Å²) in [5.41, 5.74) is 6.56. The number of aromatic nitrogens is 4. The van der Waals surface area contributed by atoms with E-state index in [1.165, 1.54) is 11.3 Å². The number of nitrogens with one attached hydrogen (secondary N) is 2. The van der Waals surface area contributed by atoms with Crippen molar-refractivity contribution in [2.75, 3.05) is 38.1 Å². The zero-order valence-corrected chi connectivity index (χ0v) is 15.3. The monoisotopic (exact) mass is 358 g/mol. The zero-order valence-electron chi connectivity index (χ0n) is 15.3. The molecule has 4 aromatic rings. The molecule has 5 rings (SSSR count). The minimum absolute atomic E-state index is 0.886. The van der Waals surface area contributed by atoms with Gasteiger partial charge in [-0.05, 0) is 36.9 Å². The predicted molar refractivity (Wildman–Crippen MR) is 109 cm³/mol. The average Bonchev–Trinajstić information content (AvgIpc) is 3.38. The third kappa shape index (κ3) is 2.98. The lowest BCUT2D eigenvalue weighted by molar-refractivity contribution is 0.313. The summed E-state index contributed by atoms with van der Waals surface area (Å²) in [6.45, 7) is 4.40. The highest BCUT2D eigenvalue weighted by atomic mass is 15.2. The number of aromatic amines is 2. The second kappa shape index (κ2) is 6.55. The SMILES string of the molecule is CN1CCN(c2ccc(-c3cnc4[nH]cc(-c5ccn[nH]5)c4c3)cc2)CC1. The van der Waals surface area contributed by atoms with Crippen molar-refractivity contribution in [2.45, 2.75) is 0 Å². The fraction of sp³-hybridized carbons (Fsp3) is 0.238. The molecule has 0 radical (unpaired) electrons. The van der Waals surface area contributed by atoms with Gasteiger partial charge in [-0.2, -0.15) is 5.10 Å². The summed E-state index contributed by atoms with van der Waals surface area (Å²) >= 11 is 0. The first-order valence-corrected chi connectivity index (χ1v) is 9.29. The first-order valence-electron chi connectivity index (χ1n) is 9.29. The van der Waals surface area contributed by atoms with Gasteiger partial charge in [-0.1, -0.05) is 12.1 Å². The molecule has 0 unspecified atom stereocenters. The molecule has 1 aromatic carbocycles. The Hall–Kier alpha value is -3.12. The predicted octanol–water partition coefficient (Wildman–Crippen LogP) is 3.37. The Balaban J connectivity index is 1.46. The molecule has 136 valence electrons. The van der Waals surface area contributed by atoms with E-state index >= 15 is 0 Å². The lowest BCUT2D eigenvalue weighted by Crippen LogP contribution is -2.44. The summed E-state index contributed by atoms with van der Waals surface area (Å²) in [7, 11) is 2.18. The molecule has 1 fully saturated rings. The van der Waals surface area contributed by atoms with Gasteiger partial charge in [0.25, 0.3) is 0 Å². The van der Waals surface area contributed by atoms with E-state index in [2.05, 4.69) is 67.3 Å². The van der Waals surface area contributed by atoms with Crippen molar-refractivity contribution in [1.29, 1.82) is 0 Å². The Morgan fingerprint density at radius 1 is 0.963 bits per heavy atom. The topological polar surface area (TPSA) is 63.8 Å². The fourth-order valence-electron chi connectivity index (χ4n) is 3.72. The zero-order chi connectivity index (χ0) is 18.2. The van der Waals surface area contributed by atoms with Crippen LogP contribution in [0.15, 0.2) is 55.0 Å². The summed E-state index contributed by atoms with van der Waals surface area (Å²) in [5, 5.41) is 8.19. The minimum Gasteiger partial charge on any atom is -0.369 e. The maximum Gasteiger partial charge on any atom is 0.137 e. The van der Waals surface area contributed by atoms with Crippen LogP contribution in [0.3, 0.4) is 0 Å². The van der Waals surface area contributed by atoms with Gasteiger partial charge >= 0.3 is 0 Å². The molecule has 27 heavy (non-hydrogen) atoms. The van der Waals surface area contributed by atoms with Crippen LogP contribution in [0.4, 0.5) is 5.69 Å². The van der Waals surface area contributed by atoms with Crippen LogP contribution >= 0.6 is 0 Å². The van der Waals surface area contributed by atoms with E-state index in [1.807, 2.05) is 18.5 Å². The molecule has 4 heterocycles. The first kappa shape index (κ1) is 16.1. The number of likely N-dealkylation sites (N-methyl/N-ethyl adjacent to an activating group) is 1. The molecule has 1 aliphatic rings. The number of hydrogen-bond acceptors (Lipinski definition) is 4. The van der Waals surface area contributed by atoms with E-state index in [4.69, 9.17) is 0 Å². The summed E-state index contributed by atoms with van der Waals surface area (Å²) in [4.78, 5) is 12.7. The first-order chi connectivity index (χ1) is 13.3. The van der Waals surface area contributed by atoms with Gasteiger partial charge in [-0.25, -0.2) is 4.98 Å². The van der Waals surface area contributed by atoms with Gasteiger partial charge < -0.3 is 14.8 Å². The Kier molecular flexibility index (Phi) is 3.90. The van der Waals surface area contributed by atoms with E-state index in [1.54, 1.807) is 6.20 Å². The summed E-state index contributed by atoms with van der Waals surface area (Å²) < 4.78 is 0. The van der Waals surface area contributed by atoms with Crippen LogP contribution in [0.1, 0.15) is 0 Å².